The Labute approximate surface area is 122 Å². The van der Waals surface area contributed by atoms with Crippen LogP contribution in [0.2, 0.25) is 0 Å². The predicted octanol–water partition coefficient (Wildman–Crippen LogP) is 3.07. The molecule has 2 N–H and O–H groups in total. The van der Waals surface area contributed by atoms with Gasteiger partial charge in [-0.05, 0) is 53.8 Å². The first-order chi connectivity index (χ1) is 9.72. The molecule has 1 amide bonds. The normalized spacial score (nSPS) is 22.9. The van der Waals surface area contributed by atoms with Crippen LogP contribution in [0.25, 0.3) is 10.1 Å². The van der Waals surface area contributed by atoms with Gasteiger partial charge < -0.3 is 10.4 Å². The van der Waals surface area contributed by atoms with Gasteiger partial charge in [0.25, 0.3) is 0 Å². The van der Waals surface area contributed by atoms with Gasteiger partial charge in [0.05, 0.1) is 6.10 Å². The predicted molar refractivity (Wildman–Crippen MR) is 81.6 cm³/mol. The van der Waals surface area contributed by atoms with Crippen LogP contribution >= 0.6 is 11.3 Å². The minimum absolute atomic E-state index is 0.0244. The van der Waals surface area contributed by atoms with E-state index in [2.05, 4.69) is 35.0 Å². The molecule has 1 heterocycles. The van der Waals surface area contributed by atoms with E-state index < -0.39 is 0 Å². The Morgan fingerprint density at radius 3 is 3.10 bits per heavy atom. The number of carbonyl (C=O) groups is 1. The minimum atomic E-state index is -0.304. The van der Waals surface area contributed by atoms with E-state index in [4.69, 9.17) is 0 Å². The van der Waals surface area contributed by atoms with Crippen molar-refractivity contribution in [2.45, 2.75) is 38.3 Å². The fraction of sp³-hybridized carbons (Fsp3) is 0.438. The van der Waals surface area contributed by atoms with Gasteiger partial charge in [-0.25, -0.2) is 0 Å². The van der Waals surface area contributed by atoms with Crippen molar-refractivity contribution in [1.82, 2.24) is 5.32 Å². The van der Waals surface area contributed by atoms with Crippen LogP contribution in [0.15, 0.2) is 29.6 Å². The lowest BCUT2D eigenvalue weighted by molar-refractivity contribution is -0.127. The quantitative estimate of drug-likeness (QED) is 0.912. The molecule has 1 aromatic heterocycles. The second kappa shape index (κ2) is 5.94. The maximum absolute atomic E-state index is 12.1. The molecule has 0 aliphatic heterocycles. The van der Waals surface area contributed by atoms with Crippen LogP contribution < -0.4 is 5.32 Å². The van der Waals surface area contributed by atoms with Crippen LogP contribution in [0.4, 0.5) is 0 Å². The third-order valence-corrected chi connectivity index (χ3v) is 4.90. The molecule has 0 saturated heterocycles. The molecule has 2 atom stereocenters. The first-order valence-corrected chi connectivity index (χ1v) is 8.02. The van der Waals surface area contributed by atoms with Gasteiger partial charge in [-0.15, -0.1) is 11.3 Å². The summed E-state index contributed by atoms with van der Waals surface area (Å²) in [5.74, 6) is 0.0535. The Kier molecular flexibility index (Phi) is 4.03. The summed E-state index contributed by atoms with van der Waals surface area (Å²) in [6.07, 6.45) is 2.97. The zero-order valence-electron chi connectivity index (χ0n) is 11.3. The fourth-order valence-corrected chi connectivity index (χ4v) is 3.63. The molecule has 1 aliphatic rings. The largest absolute Gasteiger partial charge is 0.393 e. The van der Waals surface area contributed by atoms with E-state index in [0.29, 0.717) is 13.0 Å². The van der Waals surface area contributed by atoms with Gasteiger partial charge in [-0.2, -0.15) is 0 Å². The smallest absolute Gasteiger partial charge is 0.223 e. The maximum atomic E-state index is 12.1. The molecule has 3 nitrogen and oxygen atoms in total. The molecule has 0 unspecified atom stereocenters. The zero-order valence-corrected chi connectivity index (χ0v) is 12.2. The van der Waals surface area contributed by atoms with Crippen molar-refractivity contribution in [2.75, 3.05) is 0 Å². The van der Waals surface area contributed by atoms with Crippen molar-refractivity contribution in [3.63, 3.8) is 0 Å². The van der Waals surface area contributed by atoms with E-state index in [9.17, 15) is 9.90 Å². The van der Waals surface area contributed by atoms with Crippen molar-refractivity contribution in [3.05, 3.63) is 35.2 Å². The molecule has 0 spiro atoms. The van der Waals surface area contributed by atoms with E-state index >= 15 is 0 Å². The van der Waals surface area contributed by atoms with Gasteiger partial charge in [-0.3, -0.25) is 4.79 Å². The van der Waals surface area contributed by atoms with Crippen molar-refractivity contribution in [2.24, 2.45) is 5.92 Å². The highest BCUT2D eigenvalue weighted by atomic mass is 32.1. The molecule has 0 radical (unpaired) electrons. The summed E-state index contributed by atoms with van der Waals surface area (Å²) in [5, 5.41) is 15.9. The van der Waals surface area contributed by atoms with Gasteiger partial charge >= 0.3 is 0 Å². The summed E-state index contributed by atoms with van der Waals surface area (Å²) in [6.45, 7) is 0.567. The lowest BCUT2D eigenvalue weighted by Crippen LogP contribution is -2.34. The number of carbonyl (C=O) groups excluding carboxylic acids is 1. The van der Waals surface area contributed by atoms with Crippen LogP contribution in [0, 0.1) is 5.92 Å². The molecule has 1 aromatic carbocycles. The zero-order chi connectivity index (χ0) is 13.9. The number of amides is 1. The highest BCUT2D eigenvalue weighted by molar-refractivity contribution is 7.17. The lowest BCUT2D eigenvalue weighted by atomic mass is 9.86. The van der Waals surface area contributed by atoms with Crippen molar-refractivity contribution in [3.8, 4) is 0 Å². The van der Waals surface area contributed by atoms with Gasteiger partial charge in [0.2, 0.25) is 5.91 Å². The highest BCUT2D eigenvalue weighted by Crippen LogP contribution is 2.25. The van der Waals surface area contributed by atoms with Crippen molar-refractivity contribution >= 4 is 27.3 Å². The molecule has 4 heteroatoms. The maximum Gasteiger partial charge on any atom is 0.223 e. The number of thiophene rings is 1. The third-order valence-electron chi connectivity index (χ3n) is 4.00. The molecule has 1 saturated carbocycles. The first-order valence-electron chi connectivity index (χ1n) is 7.14. The summed E-state index contributed by atoms with van der Waals surface area (Å²) in [6, 6.07) is 8.39. The number of fused-ring (bicyclic) bond motifs is 1. The Morgan fingerprint density at radius 1 is 1.35 bits per heavy atom. The number of aliphatic hydroxyl groups excluding tert-OH is 1. The number of hydrogen-bond donors (Lipinski definition) is 2. The summed E-state index contributed by atoms with van der Waals surface area (Å²) in [4.78, 5) is 12.1. The molecule has 3 rings (SSSR count). The molecule has 2 aromatic rings. The molecular weight excluding hydrogens is 270 g/mol. The van der Waals surface area contributed by atoms with Gasteiger partial charge in [-0.1, -0.05) is 12.5 Å². The number of hydrogen-bond acceptors (Lipinski definition) is 3. The molecule has 20 heavy (non-hydrogen) atoms. The summed E-state index contributed by atoms with van der Waals surface area (Å²) in [7, 11) is 0. The van der Waals surface area contributed by atoms with Crippen LogP contribution in [0.5, 0.6) is 0 Å². The fourth-order valence-electron chi connectivity index (χ4n) is 2.86. The third kappa shape index (κ3) is 3.02. The number of aliphatic hydroxyl groups is 1. The molecule has 106 valence electrons. The second-order valence-corrected chi connectivity index (χ2v) is 6.48. The van der Waals surface area contributed by atoms with Crippen molar-refractivity contribution in [1.29, 1.82) is 0 Å². The topological polar surface area (TPSA) is 49.3 Å². The second-order valence-electron chi connectivity index (χ2n) is 5.53. The average Bonchev–Trinajstić information content (AvgIpc) is 2.92. The number of nitrogens with one attached hydrogen (secondary N) is 1. The lowest BCUT2D eigenvalue weighted by Gasteiger charge is -2.24. The van der Waals surface area contributed by atoms with Crippen LogP contribution in [0.3, 0.4) is 0 Å². The van der Waals surface area contributed by atoms with E-state index in [0.717, 1.165) is 24.8 Å². The SMILES string of the molecule is O=C(NCc1ccc2sccc2c1)[C@H]1CCC[C@H](O)C1. The number of rotatable bonds is 3. The first kappa shape index (κ1) is 13.6. The Balaban J connectivity index is 1.59. The highest BCUT2D eigenvalue weighted by Gasteiger charge is 2.25. The van der Waals surface area contributed by atoms with Crippen molar-refractivity contribution < 1.29 is 9.90 Å². The monoisotopic (exact) mass is 289 g/mol. The molecule has 0 bridgehead atoms. The van der Waals surface area contributed by atoms with Crippen LogP contribution in [0.1, 0.15) is 31.2 Å². The molecular formula is C16H19NO2S. The summed E-state index contributed by atoms with van der Waals surface area (Å²) in [5.41, 5.74) is 1.13. The van der Waals surface area contributed by atoms with Gasteiger partial charge in [0.1, 0.15) is 0 Å². The van der Waals surface area contributed by atoms with Crippen LogP contribution in [-0.4, -0.2) is 17.1 Å². The van der Waals surface area contributed by atoms with E-state index in [1.165, 1.54) is 10.1 Å². The standard InChI is InChI=1S/C16H19NO2S/c18-14-3-1-2-13(9-14)16(19)17-10-11-4-5-15-12(8-11)6-7-20-15/h4-8,13-14,18H,1-3,9-10H2,(H,17,19)/t13-,14-/m0/s1. The van der Waals surface area contributed by atoms with E-state index in [1.807, 2.05) is 0 Å². The number of benzene rings is 1. The molecule has 1 fully saturated rings. The molecule has 1 aliphatic carbocycles. The van der Waals surface area contributed by atoms with E-state index in [1.54, 1.807) is 11.3 Å². The van der Waals surface area contributed by atoms with Gasteiger partial charge in [0, 0.05) is 17.2 Å². The Hall–Kier alpha value is -1.39. The average molecular weight is 289 g/mol. The Morgan fingerprint density at radius 2 is 2.25 bits per heavy atom. The summed E-state index contributed by atoms with van der Waals surface area (Å²) < 4.78 is 1.27. The van der Waals surface area contributed by atoms with E-state index in [-0.39, 0.29) is 17.9 Å². The van der Waals surface area contributed by atoms with Gasteiger partial charge in [0.15, 0.2) is 0 Å². The summed E-state index contributed by atoms with van der Waals surface area (Å²) >= 11 is 1.73. The Bertz CT molecular complexity index is 607. The minimum Gasteiger partial charge on any atom is -0.393 e. The van der Waals surface area contributed by atoms with Crippen LogP contribution in [-0.2, 0) is 11.3 Å².